The van der Waals surface area contributed by atoms with Crippen molar-refractivity contribution in [3.63, 3.8) is 0 Å². The molecule has 1 aliphatic rings. The number of hydrogen-bond acceptors (Lipinski definition) is 4. The predicted molar refractivity (Wildman–Crippen MR) is 99.9 cm³/mol. The maximum Gasteiger partial charge on any atom is 0.323 e. The molecule has 1 unspecified atom stereocenters. The first-order chi connectivity index (χ1) is 12.4. The van der Waals surface area contributed by atoms with Crippen molar-refractivity contribution in [2.75, 3.05) is 14.2 Å². The van der Waals surface area contributed by atoms with E-state index in [1.165, 1.54) is 19.8 Å². The van der Waals surface area contributed by atoms with Gasteiger partial charge in [0.1, 0.15) is 0 Å². The standard InChI is InChI=1S/C21H25NO4/c1-13(2)10-14-11-21(19(23)25-4,20(24)26-5)12-17-18(14)15-8-6-7-9-16(15)22(17)3/h6-10,14H,11-12H2,1-5H3. The number of carbonyl (C=O) groups excluding carboxylic acids is 2. The van der Waals surface area contributed by atoms with Crippen LogP contribution in [0.2, 0.25) is 0 Å². The van der Waals surface area contributed by atoms with Gasteiger partial charge in [-0.3, -0.25) is 9.59 Å². The molecule has 0 bridgehead atoms. The molecule has 0 saturated carbocycles. The minimum atomic E-state index is -1.32. The molecule has 1 atom stereocenters. The molecule has 0 saturated heterocycles. The molecule has 138 valence electrons. The highest BCUT2D eigenvalue weighted by Gasteiger charge is 2.53. The molecular formula is C21H25NO4. The van der Waals surface area contributed by atoms with Crippen molar-refractivity contribution in [1.82, 2.24) is 4.57 Å². The molecule has 5 nitrogen and oxygen atoms in total. The first kappa shape index (κ1) is 18.2. The maximum absolute atomic E-state index is 12.7. The average molecular weight is 355 g/mol. The Morgan fingerprint density at radius 2 is 1.77 bits per heavy atom. The number of rotatable bonds is 3. The number of carbonyl (C=O) groups is 2. The van der Waals surface area contributed by atoms with Gasteiger partial charge in [-0.15, -0.1) is 0 Å². The average Bonchev–Trinajstić information content (AvgIpc) is 2.92. The Balaban J connectivity index is 2.31. The first-order valence-electron chi connectivity index (χ1n) is 8.73. The monoisotopic (exact) mass is 355 g/mol. The summed E-state index contributed by atoms with van der Waals surface area (Å²) in [5.41, 5.74) is 3.08. The zero-order chi connectivity index (χ0) is 19.1. The van der Waals surface area contributed by atoms with Gasteiger partial charge in [0.2, 0.25) is 0 Å². The lowest BCUT2D eigenvalue weighted by atomic mass is 9.68. The molecule has 3 rings (SSSR count). The normalized spacial score (nSPS) is 18.1. The lowest BCUT2D eigenvalue weighted by Crippen LogP contribution is -2.46. The van der Waals surface area contributed by atoms with E-state index in [0.29, 0.717) is 6.42 Å². The third kappa shape index (κ3) is 2.62. The zero-order valence-electron chi connectivity index (χ0n) is 16.0. The Labute approximate surface area is 153 Å². The SMILES string of the molecule is COC(=O)C1(C(=O)OC)Cc2c(c3ccccc3n2C)C(C=C(C)C)C1. The van der Waals surface area contributed by atoms with Crippen LogP contribution in [-0.2, 0) is 32.5 Å². The molecule has 5 heteroatoms. The number of allylic oxidation sites excluding steroid dienone is 2. The van der Waals surface area contributed by atoms with Crippen LogP contribution in [-0.4, -0.2) is 30.7 Å². The topological polar surface area (TPSA) is 57.5 Å². The first-order valence-corrected chi connectivity index (χ1v) is 8.73. The molecule has 1 aromatic carbocycles. The highest BCUT2D eigenvalue weighted by Crippen LogP contribution is 2.48. The number of methoxy groups -OCH3 is 2. The number of benzene rings is 1. The van der Waals surface area contributed by atoms with Crippen molar-refractivity contribution in [1.29, 1.82) is 0 Å². The molecule has 26 heavy (non-hydrogen) atoms. The number of ether oxygens (including phenoxy) is 2. The number of hydrogen-bond donors (Lipinski definition) is 0. The maximum atomic E-state index is 12.7. The number of nitrogens with zero attached hydrogens (tertiary/aromatic N) is 1. The third-order valence-electron chi connectivity index (χ3n) is 5.37. The Kier molecular flexibility index (Phi) is 4.65. The Bertz CT molecular complexity index is 886. The van der Waals surface area contributed by atoms with Gasteiger partial charge in [-0.25, -0.2) is 0 Å². The van der Waals surface area contributed by atoms with Crippen molar-refractivity contribution < 1.29 is 19.1 Å². The van der Waals surface area contributed by atoms with E-state index in [1.807, 2.05) is 33.0 Å². The van der Waals surface area contributed by atoms with E-state index in [-0.39, 0.29) is 12.3 Å². The molecule has 1 aromatic heterocycles. The smallest absolute Gasteiger partial charge is 0.323 e. The van der Waals surface area contributed by atoms with Crippen molar-refractivity contribution in [2.45, 2.75) is 32.6 Å². The van der Waals surface area contributed by atoms with Gasteiger partial charge in [0, 0.05) is 36.0 Å². The zero-order valence-corrected chi connectivity index (χ0v) is 16.0. The van der Waals surface area contributed by atoms with Crippen molar-refractivity contribution >= 4 is 22.8 Å². The van der Waals surface area contributed by atoms with Gasteiger partial charge in [-0.1, -0.05) is 29.8 Å². The Hall–Kier alpha value is -2.56. The fraction of sp³-hybridized carbons (Fsp3) is 0.429. The van der Waals surface area contributed by atoms with E-state index in [2.05, 4.69) is 22.8 Å². The van der Waals surface area contributed by atoms with Crippen LogP contribution in [0.25, 0.3) is 10.9 Å². The number of para-hydroxylation sites is 1. The fourth-order valence-electron chi connectivity index (χ4n) is 4.27. The van der Waals surface area contributed by atoms with Crippen LogP contribution < -0.4 is 0 Å². The summed E-state index contributed by atoms with van der Waals surface area (Å²) in [5, 5.41) is 1.16. The quantitative estimate of drug-likeness (QED) is 0.480. The summed E-state index contributed by atoms with van der Waals surface area (Å²) in [6.07, 6.45) is 2.75. The minimum absolute atomic E-state index is 0.0620. The molecule has 2 aromatic rings. The highest BCUT2D eigenvalue weighted by atomic mass is 16.5. The van der Waals surface area contributed by atoms with E-state index in [0.717, 1.165) is 22.2 Å². The second-order valence-electron chi connectivity index (χ2n) is 7.23. The van der Waals surface area contributed by atoms with E-state index >= 15 is 0 Å². The minimum Gasteiger partial charge on any atom is -0.468 e. The van der Waals surface area contributed by atoms with E-state index in [4.69, 9.17) is 9.47 Å². The number of fused-ring (bicyclic) bond motifs is 3. The van der Waals surface area contributed by atoms with E-state index in [1.54, 1.807) is 0 Å². The van der Waals surface area contributed by atoms with Gasteiger partial charge in [-0.2, -0.15) is 0 Å². The van der Waals surface area contributed by atoms with Gasteiger partial charge in [0.15, 0.2) is 5.41 Å². The summed E-state index contributed by atoms with van der Waals surface area (Å²) in [7, 11) is 4.62. The second kappa shape index (κ2) is 6.63. The Morgan fingerprint density at radius 3 is 2.35 bits per heavy atom. The second-order valence-corrected chi connectivity index (χ2v) is 7.23. The lowest BCUT2D eigenvalue weighted by molar-refractivity contribution is -0.170. The molecule has 0 fully saturated rings. The van der Waals surface area contributed by atoms with Crippen LogP contribution in [0.4, 0.5) is 0 Å². The molecule has 0 N–H and O–H groups in total. The molecule has 1 heterocycles. The summed E-state index contributed by atoms with van der Waals surface area (Å²) in [4.78, 5) is 25.4. The number of aromatic nitrogens is 1. The van der Waals surface area contributed by atoms with Crippen LogP contribution in [0.3, 0.4) is 0 Å². The summed E-state index contributed by atoms with van der Waals surface area (Å²) in [6, 6.07) is 8.18. The summed E-state index contributed by atoms with van der Waals surface area (Å²) < 4.78 is 12.1. The number of aryl methyl sites for hydroxylation is 1. The van der Waals surface area contributed by atoms with Gasteiger partial charge in [0.25, 0.3) is 0 Å². The van der Waals surface area contributed by atoms with Crippen LogP contribution >= 0.6 is 0 Å². The largest absolute Gasteiger partial charge is 0.468 e. The summed E-state index contributed by atoms with van der Waals surface area (Å²) in [5.74, 6) is -1.13. The van der Waals surface area contributed by atoms with Crippen molar-refractivity contribution in [3.05, 3.63) is 47.2 Å². The summed E-state index contributed by atoms with van der Waals surface area (Å²) >= 11 is 0. The van der Waals surface area contributed by atoms with Gasteiger partial charge < -0.3 is 14.0 Å². The van der Waals surface area contributed by atoms with Crippen molar-refractivity contribution in [2.24, 2.45) is 12.5 Å². The molecule has 1 aliphatic carbocycles. The summed E-state index contributed by atoms with van der Waals surface area (Å²) in [6.45, 7) is 4.05. The van der Waals surface area contributed by atoms with E-state index in [9.17, 15) is 9.59 Å². The van der Waals surface area contributed by atoms with Crippen LogP contribution in [0.5, 0.6) is 0 Å². The lowest BCUT2D eigenvalue weighted by Gasteiger charge is -2.36. The molecule has 0 radical (unpaired) electrons. The van der Waals surface area contributed by atoms with Gasteiger partial charge in [0.05, 0.1) is 14.2 Å². The Morgan fingerprint density at radius 1 is 1.15 bits per heavy atom. The molecule has 0 aliphatic heterocycles. The van der Waals surface area contributed by atoms with E-state index < -0.39 is 17.4 Å². The molecule has 0 spiro atoms. The number of esters is 2. The predicted octanol–water partition coefficient (Wildman–Crippen LogP) is 3.51. The highest BCUT2D eigenvalue weighted by molar-refractivity contribution is 6.01. The van der Waals surface area contributed by atoms with Gasteiger partial charge >= 0.3 is 11.9 Å². The van der Waals surface area contributed by atoms with Gasteiger partial charge in [-0.05, 0) is 31.9 Å². The third-order valence-corrected chi connectivity index (χ3v) is 5.37. The van der Waals surface area contributed by atoms with Crippen LogP contribution in [0.1, 0.15) is 37.4 Å². The van der Waals surface area contributed by atoms with Crippen LogP contribution in [0, 0.1) is 5.41 Å². The van der Waals surface area contributed by atoms with Crippen molar-refractivity contribution in [3.8, 4) is 0 Å². The van der Waals surface area contributed by atoms with Crippen LogP contribution in [0.15, 0.2) is 35.9 Å². The molecule has 0 amide bonds. The molecular weight excluding hydrogens is 330 g/mol. The fourth-order valence-corrected chi connectivity index (χ4v) is 4.27.